The van der Waals surface area contributed by atoms with Gasteiger partial charge in [-0.3, -0.25) is 10.1 Å². The summed E-state index contributed by atoms with van der Waals surface area (Å²) in [5, 5.41) is 6.09. The molecular formula is C30H43N3O4S. The zero-order valence-corrected chi connectivity index (χ0v) is 24.7. The van der Waals surface area contributed by atoms with E-state index in [1.807, 2.05) is 12.1 Å². The summed E-state index contributed by atoms with van der Waals surface area (Å²) in [7, 11) is 1.58. The van der Waals surface area contributed by atoms with Crippen molar-refractivity contribution in [1.29, 1.82) is 0 Å². The summed E-state index contributed by atoms with van der Waals surface area (Å²) in [5.41, 5.74) is 0.626. The van der Waals surface area contributed by atoms with Crippen molar-refractivity contribution in [2.75, 3.05) is 12.4 Å². The number of carbonyl (C=O) groups excluding carboxylic acids is 2. The van der Waals surface area contributed by atoms with Crippen LogP contribution in [-0.2, 0) is 20.7 Å². The lowest BCUT2D eigenvalue weighted by atomic mass is 9.80. The molecule has 1 fully saturated rings. The van der Waals surface area contributed by atoms with Crippen LogP contribution in [0.5, 0.6) is 5.88 Å². The molecule has 208 valence electrons. The molecule has 2 aromatic rings. The first-order valence-corrected chi connectivity index (χ1v) is 14.4. The van der Waals surface area contributed by atoms with Gasteiger partial charge in [0.2, 0.25) is 5.88 Å². The predicted octanol–water partition coefficient (Wildman–Crippen LogP) is 7.09. The number of nitrogens with zero attached hydrogens (tertiary/aromatic N) is 1. The van der Waals surface area contributed by atoms with E-state index >= 15 is 0 Å². The molecule has 0 saturated heterocycles. The Morgan fingerprint density at radius 2 is 1.68 bits per heavy atom. The van der Waals surface area contributed by atoms with Crippen LogP contribution in [0.3, 0.4) is 0 Å². The fraction of sp³-hybridized carbons (Fsp3) is 0.567. The maximum Gasteiger partial charge on any atom is 0.409 e. The van der Waals surface area contributed by atoms with Crippen LogP contribution in [0, 0.1) is 5.92 Å². The second-order valence-corrected chi connectivity index (χ2v) is 13.0. The zero-order chi connectivity index (χ0) is 28.0. The van der Waals surface area contributed by atoms with Gasteiger partial charge in [-0.15, -0.1) is 11.8 Å². The van der Waals surface area contributed by atoms with E-state index in [0.29, 0.717) is 11.7 Å². The number of aldehydes is 1. The number of alkyl carbamates (subject to hydrolysis) is 1. The number of benzene rings is 1. The van der Waals surface area contributed by atoms with E-state index in [0.717, 1.165) is 49.0 Å². The van der Waals surface area contributed by atoms with Crippen LogP contribution >= 0.6 is 11.8 Å². The normalized spacial score (nSPS) is 16.3. The number of amides is 1. The summed E-state index contributed by atoms with van der Waals surface area (Å²) in [4.78, 5) is 30.9. The number of anilines is 1. The van der Waals surface area contributed by atoms with Gasteiger partial charge in [-0.25, -0.2) is 4.79 Å². The summed E-state index contributed by atoms with van der Waals surface area (Å²) in [6.07, 6.45) is 4.91. The highest BCUT2D eigenvalue weighted by Gasteiger charge is 2.42. The second-order valence-electron chi connectivity index (χ2n) is 12.0. The molecule has 3 rings (SSSR count). The molecule has 1 unspecified atom stereocenters. The van der Waals surface area contributed by atoms with E-state index in [-0.39, 0.29) is 11.3 Å². The number of nitrogens with one attached hydrogen (secondary N) is 2. The Kier molecular flexibility index (Phi) is 9.74. The average Bonchev–Trinajstić information content (AvgIpc) is 2.86. The summed E-state index contributed by atoms with van der Waals surface area (Å²) < 4.78 is 11.1. The van der Waals surface area contributed by atoms with Crippen LogP contribution in [0.2, 0.25) is 0 Å². The lowest BCUT2D eigenvalue weighted by Gasteiger charge is -2.40. The Bertz CT molecular complexity index is 1090. The number of hydrogen-bond donors (Lipinski definition) is 2. The predicted molar refractivity (Wildman–Crippen MR) is 154 cm³/mol. The van der Waals surface area contributed by atoms with Gasteiger partial charge >= 0.3 is 6.09 Å². The topological polar surface area (TPSA) is 89.5 Å². The first-order valence-electron chi connectivity index (χ1n) is 13.4. The standard InChI is InChI=1S/C30H43N3O4S/c1-28(2,3)22-15-13-21(14-16-22)19-38-24-17-18-25(31-26(24)36-7)32-30(20-34,23-11-9-8-10-12-23)33-27(35)37-29(4,5)6/h13-18,20,23H,8-12,19H2,1-7H3,(H,31,32)(H,33,35). The van der Waals surface area contributed by atoms with Gasteiger partial charge in [0.05, 0.1) is 12.0 Å². The molecule has 1 aliphatic carbocycles. The third-order valence-electron chi connectivity index (χ3n) is 6.71. The smallest absolute Gasteiger partial charge is 0.409 e. The van der Waals surface area contributed by atoms with Gasteiger partial charge < -0.3 is 14.8 Å². The summed E-state index contributed by atoms with van der Waals surface area (Å²) in [5.74, 6) is 1.61. The molecule has 0 aliphatic heterocycles. The van der Waals surface area contributed by atoms with Crippen molar-refractivity contribution in [2.24, 2.45) is 5.92 Å². The van der Waals surface area contributed by atoms with Crippen molar-refractivity contribution < 1.29 is 19.1 Å². The maximum absolute atomic E-state index is 12.8. The highest BCUT2D eigenvalue weighted by atomic mass is 32.2. The van der Waals surface area contributed by atoms with E-state index in [9.17, 15) is 9.59 Å². The van der Waals surface area contributed by atoms with Gasteiger partial charge in [0.15, 0.2) is 11.9 Å². The molecule has 1 heterocycles. The van der Waals surface area contributed by atoms with Crippen LogP contribution in [0.15, 0.2) is 41.3 Å². The van der Waals surface area contributed by atoms with Crippen LogP contribution in [-0.4, -0.2) is 35.7 Å². The molecule has 1 amide bonds. The number of ether oxygens (including phenoxy) is 2. The van der Waals surface area contributed by atoms with Gasteiger partial charge in [-0.2, -0.15) is 4.98 Å². The number of carbonyl (C=O) groups is 2. The van der Waals surface area contributed by atoms with Crippen LogP contribution in [0.25, 0.3) is 0 Å². The van der Waals surface area contributed by atoms with Crippen molar-refractivity contribution in [2.45, 2.75) is 101 Å². The molecule has 1 aromatic heterocycles. The van der Waals surface area contributed by atoms with Crippen molar-refractivity contribution in [3.63, 3.8) is 0 Å². The summed E-state index contributed by atoms with van der Waals surface area (Å²) in [6.45, 7) is 12.0. The van der Waals surface area contributed by atoms with Gasteiger partial charge in [0.1, 0.15) is 11.4 Å². The lowest BCUT2D eigenvalue weighted by Crippen LogP contribution is -2.61. The first kappa shape index (κ1) is 29.8. The van der Waals surface area contributed by atoms with Gasteiger partial charge in [0, 0.05) is 11.7 Å². The lowest BCUT2D eigenvalue weighted by molar-refractivity contribution is -0.114. The average molecular weight is 542 g/mol. The molecule has 7 nitrogen and oxygen atoms in total. The number of rotatable bonds is 9. The molecule has 0 bridgehead atoms. The molecule has 0 radical (unpaired) electrons. The molecule has 8 heteroatoms. The van der Waals surface area contributed by atoms with E-state index in [2.05, 4.69) is 60.7 Å². The third kappa shape index (κ3) is 8.13. The van der Waals surface area contributed by atoms with E-state index < -0.39 is 17.4 Å². The van der Waals surface area contributed by atoms with E-state index in [1.165, 1.54) is 11.1 Å². The number of hydrogen-bond acceptors (Lipinski definition) is 7. The largest absolute Gasteiger partial charge is 0.480 e. The molecule has 2 N–H and O–H groups in total. The number of thioether (sulfide) groups is 1. The van der Waals surface area contributed by atoms with Gasteiger partial charge in [-0.05, 0) is 62.3 Å². The Labute approximate surface area is 231 Å². The van der Waals surface area contributed by atoms with Gasteiger partial charge in [0.25, 0.3) is 0 Å². The van der Waals surface area contributed by atoms with Crippen molar-refractivity contribution >= 4 is 30.0 Å². The summed E-state index contributed by atoms with van der Waals surface area (Å²) in [6, 6.07) is 12.4. The second kappa shape index (κ2) is 12.4. The number of pyridine rings is 1. The van der Waals surface area contributed by atoms with Crippen molar-refractivity contribution in [3.05, 3.63) is 47.5 Å². The molecule has 1 aliphatic rings. The number of methoxy groups -OCH3 is 1. The van der Waals surface area contributed by atoms with Crippen molar-refractivity contribution in [3.8, 4) is 5.88 Å². The maximum atomic E-state index is 12.8. The monoisotopic (exact) mass is 541 g/mol. The number of aromatic nitrogens is 1. The molecule has 1 aromatic carbocycles. The molecule has 0 spiro atoms. The fourth-order valence-corrected chi connectivity index (χ4v) is 5.58. The third-order valence-corrected chi connectivity index (χ3v) is 7.81. The quantitative estimate of drug-likeness (QED) is 0.199. The van der Waals surface area contributed by atoms with Crippen LogP contribution in [0.4, 0.5) is 10.6 Å². The Hall–Kier alpha value is -2.74. The van der Waals surface area contributed by atoms with Gasteiger partial charge in [-0.1, -0.05) is 64.3 Å². The van der Waals surface area contributed by atoms with Crippen LogP contribution < -0.4 is 15.4 Å². The fourth-order valence-electron chi connectivity index (χ4n) is 4.65. The highest BCUT2D eigenvalue weighted by molar-refractivity contribution is 7.98. The van der Waals surface area contributed by atoms with Crippen LogP contribution in [0.1, 0.15) is 84.8 Å². The molecule has 1 saturated carbocycles. The minimum atomic E-state index is -1.33. The Morgan fingerprint density at radius 1 is 1.03 bits per heavy atom. The zero-order valence-electron chi connectivity index (χ0n) is 23.8. The SMILES string of the molecule is COc1nc(NC(C=O)(NC(=O)OC(C)(C)C)C2CCCCC2)ccc1SCc1ccc(C(C)(C)C)cc1. The minimum Gasteiger partial charge on any atom is -0.480 e. The molecular weight excluding hydrogens is 498 g/mol. The summed E-state index contributed by atoms with van der Waals surface area (Å²) >= 11 is 1.64. The Morgan fingerprint density at radius 3 is 2.24 bits per heavy atom. The highest BCUT2D eigenvalue weighted by Crippen LogP contribution is 2.36. The van der Waals surface area contributed by atoms with E-state index in [1.54, 1.807) is 39.6 Å². The molecule has 1 atom stereocenters. The first-order chi connectivity index (χ1) is 17.8. The minimum absolute atomic E-state index is 0.0841. The molecule has 38 heavy (non-hydrogen) atoms. The van der Waals surface area contributed by atoms with Crippen molar-refractivity contribution in [1.82, 2.24) is 10.3 Å². The Balaban J connectivity index is 1.79. The van der Waals surface area contributed by atoms with E-state index in [4.69, 9.17) is 9.47 Å².